The van der Waals surface area contributed by atoms with E-state index in [9.17, 15) is 5.26 Å². The maximum Gasteiger partial charge on any atom is 0.0991 e. The van der Waals surface area contributed by atoms with E-state index < -0.39 is 5.41 Å². The van der Waals surface area contributed by atoms with E-state index in [-0.39, 0.29) is 0 Å². The van der Waals surface area contributed by atoms with Crippen molar-refractivity contribution in [2.45, 2.75) is 53.2 Å². The van der Waals surface area contributed by atoms with Crippen molar-refractivity contribution in [3.05, 3.63) is 143 Å². The van der Waals surface area contributed by atoms with Crippen LogP contribution in [-0.4, -0.2) is 0 Å². The molecule has 1 aliphatic heterocycles. The van der Waals surface area contributed by atoms with E-state index in [1.165, 1.54) is 92.0 Å². The molecule has 0 radical (unpaired) electrons. The summed E-state index contributed by atoms with van der Waals surface area (Å²) in [7, 11) is 0. The van der Waals surface area contributed by atoms with Crippen molar-refractivity contribution in [3.8, 4) is 28.3 Å². The summed E-state index contributed by atoms with van der Waals surface area (Å²) in [4.78, 5) is 2.58. The molecule has 1 heterocycles. The molecule has 192 valence electrons. The number of fused-ring (bicyclic) bond motifs is 9. The molecule has 0 unspecified atom stereocenters. The van der Waals surface area contributed by atoms with Crippen molar-refractivity contribution in [2.24, 2.45) is 0 Å². The Morgan fingerprint density at radius 3 is 1.90 bits per heavy atom. The van der Waals surface area contributed by atoms with Gasteiger partial charge in [-0.05, 0) is 87.0 Å². The summed E-state index contributed by atoms with van der Waals surface area (Å²) in [6, 6.07) is 42.6. The average Bonchev–Trinajstić information content (AvgIpc) is 3.32. The zero-order chi connectivity index (χ0) is 26.7. The molecule has 3 aliphatic rings. The molecule has 0 atom stereocenters. The molecule has 0 N–H and O–H groups in total. The maximum atomic E-state index is 10.4. The molecular formula is C38H29NS. The van der Waals surface area contributed by atoms with Crippen LogP contribution >= 0.6 is 11.8 Å². The molecule has 1 spiro atoms. The molecule has 5 aromatic rings. The molecule has 2 aliphatic carbocycles. The van der Waals surface area contributed by atoms with E-state index in [0.29, 0.717) is 5.92 Å². The van der Waals surface area contributed by atoms with E-state index in [1.54, 1.807) is 0 Å². The van der Waals surface area contributed by atoms with Crippen molar-refractivity contribution in [1.29, 1.82) is 5.26 Å². The van der Waals surface area contributed by atoms with Gasteiger partial charge in [0.05, 0.1) is 17.0 Å². The van der Waals surface area contributed by atoms with Crippen LogP contribution in [-0.2, 0) is 5.41 Å². The van der Waals surface area contributed by atoms with Crippen LogP contribution < -0.4 is 0 Å². The summed E-state index contributed by atoms with van der Waals surface area (Å²) in [6.07, 6.45) is 6.43. The average molecular weight is 532 g/mol. The summed E-state index contributed by atoms with van der Waals surface area (Å²) in [6.45, 7) is 0. The van der Waals surface area contributed by atoms with Crippen molar-refractivity contribution in [2.75, 3.05) is 0 Å². The zero-order valence-electron chi connectivity index (χ0n) is 22.4. The van der Waals surface area contributed by atoms with Crippen molar-refractivity contribution < 1.29 is 0 Å². The molecule has 0 aromatic heterocycles. The Morgan fingerprint density at radius 1 is 0.600 bits per heavy atom. The van der Waals surface area contributed by atoms with Crippen LogP contribution in [0.3, 0.4) is 0 Å². The van der Waals surface area contributed by atoms with Crippen LogP contribution in [0.4, 0.5) is 0 Å². The van der Waals surface area contributed by atoms with Gasteiger partial charge in [0.25, 0.3) is 0 Å². The molecule has 0 saturated heterocycles. The summed E-state index contributed by atoms with van der Waals surface area (Å²) in [5.74, 6) is 0.578. The number of nitrogens with zero attached hydrogens (tertiary/aromatic N) is 1. The van der Waals surface area contributed by atoms with Crippen LogP contribution in [0.25, 0.3) is 22.3 Å². The van der Waals surface area contributed by atoms with Crippen LogP contribution in [0.15, 0.2) is 119 Å². The molecule has 2 heteroatoms. The van der Waals surface area contributed by atoms with Crippen LogP contribution in [0.1, 0.15) is 71.4 Å². The summed E-state index contributed by atoms with van der Waals surface area (Å²) >= 11 is 1.88. The van der Waals surface area contributed by atoms with Crippen molar-refractivity contribution >= 4 is 11.8 Å². The van der Waals surface area contributed by atoms with Gasteiger partial charge in [0.15, 0.2) is 0 Å². The number of hydrogen-bond donors (Lipinski definition) is 0. The van der Waals surface area contributed by atoms with E-state index in [4.69, 9.17) is 0 Å². The number of rotatable bonds is 2. The van der Waals surface area contributed by atoms with Gasteiger partial charge in [-0.25, -0.2) is 0 Å². The van der Waals surface area contributed by atoms with Gasteiger partial charge in [0, 0.05) is 9.79 Å². The topological polar surface area (TPSA) is 23.8 Å². The second-order valence-corrected chi connectivity index (χ2v) is 12.4. The van der Waals surface area contributed by atoms with Gasteiger partial charge in [0.1, 0.15) is 0 Å². The minimum absolute atomic E-state index is 0.467. The van der Waals surface area contributed by atoms with Crippen LogP contribution in [0, 0.1) is 11.3 Å². The number of nitriles is 1. The highest BCUT2D eigenvalue weighted by Crippen LogP contribution is 2.63. The lowest BCUT2D eigenvalue weighted by atomic mass is 9.66. The smallest absolute Gasteiger partial charge is 0.0991 e. The standard InChI is InChI=1S/C38H29NS/c39-24-25-22-31(28-15-5-4-14-27(28)26-12-2-1-3-13-26)37-35(23-25)38(34-20-10-11-21-36(34)40-37)32-18-8-6-16-29(32)30-17-7-9-19-33(30)38/h4-11,14-23,26H,1-3,12-13H2. The van der Waals surface area contributed by atoms with Gasteiger partial charge in [0.2, 0.25) is 0 Å². The lowest BCUT2D eigenvalue weighted by Crippen LogP contribution is -2.32. The van der Waals surface area contributed by atoms with Gasteiger partial charge in [-0.2, -0.15) is 5.26 Å². The Labute approximate surface area is 240 Å². The molecule has 1 saturated carbocycles. The van der Waals surface area contributed by atoms with Crippen LogP contribution in [0.5, 0.6) is 0 Å². The van der Waals surface area contributed by atoms with Gasteiger partial charge in [-0.3, -0.25) is 0 Å². The Morgan fingerprint density at radius 2 is 1.20 bits per heavy atom. The second kappa shape index (κ2) is 9.26. The minimum Gasteiger partial charge on any atom is -0.192 e. The highest BCUT2D eigenvalue weighted by molar-refractivity contribution is 7.99. The van der Waals surface area contributed by atoms with Crippen molar-refractivity contribution in [1.82, 2.24) is 0 Å². The first-order valence-electron chi connectivity index (χ1n) is 14.5. The van der Waals surface area contributed by atoms with Gasteiger partial charge < -0.3 is 0 Å². The normalized spacial score (nSPS) is 16.5. The van der Waals surface area contributed by atoms with E-state index in [0.717, 1.165) is 5.56 Å². The molecule has 1 nitrogen and oxygen atoms in total. The first kappa shape index (κ1) is 23.8. The third-order valence-corrected chi connectivity index (χ3v) is 10.6. The Kier molecular flexibility index (Phi) is 5.51. The summed E-state index contributed by atoms with van der Waals surface area (Å²) in [5.41, 5.74) is 12.0. The van der Waals surface area contributed by atoms with Crippen LogP contribution in [0.2, 0.25) is 0 Å². The van der Waals surface area contributed by atoms with E-state index in [1.807, 2.05) is 11.8 Å². The first-order chi connectivity index (χ1) is 19.8. The predicted octanol–water partition coefficient (Wildman–Crippen LogP) is 10.1. The third kappa shape index (κ3) is 3.28. The Balaban J connectivity index is 1.49. The second-order valence-electron chi connectivity index (χ2n) is 11.4. The molecule has 0 bridgehead atoms. The monoisotopic (exact) mass is 531 g/mol. The molecule has 5 aromatic carbocycles. The van der Waals surface area contributed by atoms with Gasteiger partial charge >= 0.3 is 0 Å². The Bertz CT molecular complexity index is 1790. The lowest BCUT2D eigenvalue weighted by molar-refractivity contribution is 0.444. The largest absolute Gasteiger partial charge is 0.192 e. The Hall–Kier alpha value is -4.06. The molecule has 1 fully saturated rings. The van der Waals surface area contributed by atoms with Gasteiger partial charge in [-0.15, -0.1) is 0 Å². The molecule has 40 heavy (non-hydrogen) atoms. The SMILES string of the molecule is N#Cc1cc(-c2ccccc2C2CCCCC2)c2c(c1)C1(c3ccccc3S2)c2ccccc2-c2ccccc21. The highest BCUT2D eigenvalue weighted by atomic mass is 32.2. The maximum absolute atomic E-state index is 10.4. The fourth-order valence-corrected chi connectivity index (χ4v) is 9.03. The molecule has 8 rings (SSSR count). The third-order valence-electron chi connectivity index (χ3n) is 9.37. The lowest BCUT2D eigenvalue weighted by Gasteiger charge is -2.40. The minimum atomic E-state index is -0.467. The number of benzene rings is 5. The quantitative estimate of drug-likeness (QED) is 0.222. The summed E-state index contributed by atoms with van der Waals surface area (Å²) < 4.78 is 0. The number of hydrogen-bond acceptors (Lipinski definition) is 2. The van der Waals surface area contributed by atoms with E-state index >= 15 is 0 Å². The summed E-state index contributed by atoms with van der Waals surface area (Å²) in [5, 5.41) is 10.4. The fraction of sp³-hybridized carbons (Fsp3) is 0.184. The van der Waals surface area contributed by atoms with Gasteiger partial charge in [-0.1, -0.05) is 122 Å². The van der Waals surface area contributed by atoms with Crippen molar-refractivity contribution in [3.63, 3.8) is 0 Å². The molecule has 0 amide bonds. The highest BCUT2D eigenvalue weighted by Gasteiger charge is 2.50. The fourth-order valence-electron chi connectivity index (χ4n) is 7.73. The first-order valence-corrected chi connectivity index (χ1v) is 15.3. The van der Waals surface area contributed by atoms with E-state index in [2.05, 4.69) is 115 Å². The molecular weight excluding hydrogens is 502 g/mol. The zero-order valence-corrected chi connectivity index (χ0v) is 23.2. The predicted molar refractivity (Wildman–Crippen MR) is 164 cm³/mol.